The highest BCUT2D eigenvalue weighted by Gasteiger charge is 2.42. The minimum atomic E-state index is -5.03. The minimum absolute atomic E-state index is 0.189. The van der Waals surface area contributed by atoms with Crippen molar-refractivity contribution in [2.45, 2.75) is 19.7 Å². The van der Waals surface area contributed by atoms with Crippen LogP contribution < -0.4 is 10.1 Å². The molecule has 4 rings (SSSR count). The molecule has 0 aliphatic heterocycles. The van der Waals surface area contributed by atoms with Crippen LogP contribution in [0.15, 0.2) is 66.7 Å². The summed E-state index contributed by atoms with van der Waals surface area (Å²) in [6, 6.07) is 18.3. The standard InChI is InChI=1S/C25H17F4N5O2/c1-15-11-18(36-14-17-6-4-5-16(12-17)13-30)9-10-20(15)31-24(35)22-23(25(27,28)29)34(33-32-22)21-8-3-2-7-19(21)26/h2-12H,14H2,1H3,(H,31,35). The van der Waals surface area contributed by atoms with Crippen LogP contribution in [-0.2, 0) is 12.8 Å². The molecule has 1 amide bonds. The van der Waals surface area contributed by atoms with Crippen molar-refractivity contribution < 1.29 is 27.1 Å². The summed E-state index contributed by atoms with van der Waals surface area (Å²) in [7, 11) is 0. The Morgan fingerprint density at radius 3 is 2.58 bits per heavy atom. The highest BCUT2D eigenvalue weighted by molar-refractivity contribution is 6.04. The van der Waals surface area contributed by atoms with Crippen molar-refractivity contribution in [3.05, 3.63) is 101 Å². The molecular formula is C25H17F4N5O2. The number of carbonyl (C=O) groups is 1. The average Bonchev–Trinajstić information content (AvgIpc) is 3.30. The SMILES string of the molecule is Cc1cc(OCc2cccc(C#N)c2)ccc1NC(=O)c1nnn(-c2ccccc2F)c1C(F)(F)F. The van der Waals surface area contributed by atoms with E-state index in [1.807, 2.05) is 6.07 Å². The molecule has 7 nitrogen and oxygen atoms in total. The van der Waals surface area contributed by atoms with Gasteiger partial charge in [0.1, 0.15) is 23.9 Å². The van der Waals surface area contributed by atoms with Crippen LogP contribution >= 0.6 is 0 Å². The van der Waals surface area contributed by atoms with Gasteiger partial charge in [0, 0.05) is 5.69 Å². The molecular weight excluding hydrogens is 478 g/mol. The van der Waals surface area contributed by atoms with Crippen molar-refractivity contribution in [3.63, 3.8) is 0 Å². The topological polar surface area (TPSA) is 92.8 Å². The van der Waals surface area contributed by atoms with Gasteiger partial charge in [-0.15, -0.1) is 5.10 Å². The summed E-state index contributed by atoms with van der Waals surface area (Å²) in [4.78, 5) is 12.7. The van der Waals surface area contributed by atoms with Gasteiger partial charge in [-0.3, -0.25) is 4.79 Å². The van der Waals surface area contributed by atoms with Gasteiger partial charge in [-0.25, -0.2) is 9.07 Å². The molecule has 4 aromatic rings. The molecule has 1 aromatic heterocycles. The van der Waals surface area contributed by atoms with E-state index in [-0.39, 0.29) is 17.0 Å². The first-order chi connectivity index (χ1) is 17.2. The normalized spacial score (nSPS) is 11.1. The summed E-state index contributed by atoms with van der Waals surface area (Å²) < 4.78 is 61.6. The van der Waals surface area contributed by atoms with Gasteiger partial charge < -0.3 is 10.1 Å². The van der Waals surface area contributed by atoms with Crippen molar-refractivity contribution in [1.29, 1.82) is 5.26 Å². The lowest BCUT2D eigenvalue weighted by atomic mass is 10.1. The van der Waals surface area contributed by atoms with E-state index in [0.717, 1.165) is 17.7 Å². The molecule has 0 aliphatic carbocycles. The molecule has 0 saturated heterocycles. The van der Waals surface area contributed by atoms with Gasteiger partial charge in [-0.1, -0.05) is 29.5 Å². The first kappa shape index (κ1) is 24.4. The lowest BCUT2D eigenvalue weighted by Crippen LogP contribution is -2.21. The number of alkyl halides is 3. The zero-order valence-corrected chi connectivity index (χ0v) is 18.7. The third-order valence-corrected chi connectivity index (χ3v) is 5.14. The molecule has 36 heavy (non-hydrogen) atoms. The van der Waals surface area contributed by atoms with E-state index in [9.17, 15) is 22.4 Å². The molecule has 0 radical (unpaired) electrons. The minimum Gasteiger partial charge on any atom is -0.489 e. The maximum Gasteiger partial charge on any atom is 0.435 e. The molecule has 1 N–H and O–H groups in total. The molecule has 0 unspecified atom stereocenters. The van der Waals surface area contributed by atoms with E-state index in [1.54, 1.807) is 37.3 Å². The number of anilines is 1. The van der Waals surface area contributed by atoms with Crippen molar-refractivity contribution in [2.75, 3.05) is 5.32 Å². The maximum atomic E-state index is 14.1. The molecule has 0 atom stereocenters. The quantitative estimate of drug-likeness (QED) is 0.360. The monoisotopic (exact) mass is 495 g/mol. The predicted octanol–water partition coefficient (Wildman–Crippen LogP) is 5.44. The Balaban J connectivity index is 1.54. The number of nitrogens with zero attached hydrogens (tertiary/aromatic N) is 4. The van der Waals surface area contributed by atoms with E-state index in [0.29, 0.717) is 16.9 Å². The van der Waals surface area contributed by atoms with Crippen LogP contribution in [0.5, 0.6) is 5.75 Å². The number of halogens is 4. The van der Waals surface area contributed by atoms with Gasteiger partial charge >= 0.3 is 6.18 Å². The lowest BCUT2D eigenvalue weighted by molar-refractivity contribution is -0.143. The number of amides is 1. The predicted molar refractivity (Wildman–Crippen MR) is 121 cm³/mol. The Bertz CT molecular complexity index is 1470. The van der Waals surface area contributed by atoms with Crippen molar-refractivity contribution in [1.82, 2.24) is 15.0 Å². The van der Waals surface area contributed by atoms with Crippen LogP contribution in [0.25, 0.3) is 5.69 Å². The number of benzene rings is 3. The zero-order valence-electron chi connectivity index (χ0n) is 18.7. The number of aromatic nitrogens is 3. The van der Waals surface area contributed by atoms with Gasteiger partial charge in [0.25, 0.3) is 5.91 Å². The Hall–Kier alpha value is -4.72. The van der Waals surface area contributed by atoms with Gasteiger partial charge in [0.15, 0.2) is 11.4 Å². The van der Waals surface area contributed by atoms with E-state index in [2.05, 4.69) is 15.6 Å². The fraction of sp³-hybridized carbons (Fsp3) is 0.120. The van der Waals surface area contributed by atoms with Crippen LogP contribution in [0.3, 0.4) is 0 Å². The largest absolute Gasteiger partial charge is 0.489 e. The van der Waals surface area contributed by atoms with E-state index in [1.165, 1.54) is 24.3 Å². The number of nitrogens with one attached hydrogen (secondary N) is 1. The van der Waals surface area contributed by atoms with Gasteiger partial charge in [-0.2, -0.15) is 18.4 Å². The highest BCUT2D eigenvalue weighted by atomic mass is 19.4. The molecule has 11 heteroatoms. The number of ether oxygens (including phenoxy) is 1. The number of para-hydroxylation sites is 1. The fourth-order valence-electron chi connectivity index (χ4n) is 3.43. The summed E-state index contributed by atoms with van der Waals surface area (Å²) >= 11 is 0. The maximum absolute atomic E-state index is 14.1. The second kappa shape index (κ2) is 9.87. The zero-order chi connectivity index (χ0) is 25.9. The lowest BCUT2D eigenvalue weighted by Gasteiger charge is -2.13. The summed E-state index contributed by atoms with van der Waals surface area (Å²) in [6.07, 6.45) is -5.03. The Morgan fingerprint density at radius 2 is 1.89 bits per heavy atom. The number of nitriles is 1. The number of carbonyl (C=O) groups excluding carboxylic acids is 1. The molecule has 182 valence electrons. The number of hydrogen-bond acceptors (Lipinski definition) is 5. The highest BCUT2D eigenvalue weighted by Crippen LogP contribution is 2.34. The smallest absolute Gasteiger partial charge is 0.435 e. The van der Waals surface area contributed by atoms with Crippen LogP contribution in [-0.4, -0.2) is 20.9 Å². The first-order valence-corrected chi connectivity index (χ1v) is 10.5. The van der Waals surface area contributed by atoms with E-state index < -0.39 is 35.0 Å². The number of rotatable bonds is 6. The third-order valence-electron chi connectivity index (χ3n) is 5.14. The molecule has 0 aliphatic rings. The second-order valence-electron chi connectivity index (χ2n) is 7.68. The Morgan fingerprint density at radius 1 is 1.11 bits per heavy atom. The van der Waals surface area contributed by atoms with Crippen LogP contribution in [0, 0.1) is 24.1 Å². The Kier molecular flexibility index (Phi) is 6.69. The Labute approximate surface area is 202 Å². The van der Waals surface area contributed by atoms with Crippen molar-refractivity contribution >= 4 is 11.6 Å². The number of hydrogen-bond donors (Lipinski definition) is 1. The summed E-state index contributed by atoms with van der Waals surface area (Å²) in [5, 5.41) is 18.2. The molecule has 0 saturated carbocycles. The third kappa shape index (κ3) is 5.17. The van der Waals surface area contributed by atoms with Crippen LogP contribution in [0.2, 0.25) is 0 Å². The van der Waals surface area contributed by atoms with E-state index in [4.69, 9.17) is 10.00 Å². The van der Waals surface area contributed by atoms with Crippen LogP contribution in [0.4, 0.5) is 23.2 Å². The molecule has 3 aromatic carbocycles. The van der Waals surface area contributed by atoms with Gasteiger partial charge in [0.05, 0.1) is 11.6 Å². The second-order valence-corrected chi connectivity index (χ2v) is 7.68. The van der Waals surface area contributed by atoms with Crippen molar-refractivity contribution in [2.24, 2.45) is 0 Å². The molecule has 0 spiro atoms. The summed E-state index contributed by atoms with van der Waals surface area (Å²) in [5.74, 6) is -1.66. The molecule has 0 fully saturated rings. The number of aryl methyl sites for hydroxylation is 1. The first-order valence-electron chi connectivity index (χ1n) is 10.5. The summed E-state index contributed by atoms with van der Waals surface area (Å²) in [6.45, 7) is 1.83. The van der Waals surface area contributed by atoms with Crippen molar-refractivity contribution in [3.8, 4) is 17.5 Å². The molecule has 1 heterocycles. The molecule has 0 bridgehead atoms. The summed E-state index contributed by atoms with van der Waals surface area (Å²) in [5.41, 5.74) is -0.967. The van der Waals surface area contributed by atoms with Gasteiger partial charge in [0.2, 0.25) is 0 Å². The average molecular weight is 495 g/mol. The van der Waals surface area contributed by atoms with Gasteiger partial charge in [-0.05, 0) is 60.5 Å². The van der Waals surface area contributed by atoms with Crippen LogP contribution in [0.1, 0.15) is 32.9 Å². The van der Waals surface area contributed by atoms with E-state index >= 15 is 0 Å². The fourth-order valence-corrected chi connectivity index (χ4v) is 3.43.